The van der Waals surface area contributed by atoms with E-state index in [4.69, 9.17) is 10.2 Å². The summed E-state index contributed by atoms with van der Waals surface area (Å²) in [6.45, 7) is 4.29. The number of nitrogens with two attached hydrogens (primary N) is 1. The molecule has 2 N–H and O–H groups in total. The molecule has 5 heteroatoms. The Morgan fingerprint density at radius 2 is 2.19 bits per heavy atom. The Hall–Kier alpha value is -1.33. The van der Waals surface area contributed by atoms with Crippen LogP contribution in [0.2, 0.25) is 0 Å². The van der Waals surface area contributed by atoms with Crippen molar-refractivity contribution in [3.63, 3.8) is 0 Å². The van der Waals surface area contributed by atoms with Gasteiger partial charge in [-0.3, -0.25) is 0 Å². The highest BCUT2D eigenvalue weighted by atomic mass is 32.2. The van der Waals surface area contributed by atoms with Crippen LogP contribution >= 0.6 is 11.8 Å². The Labute approximate surface area is 98.3 Å². The zero-order valence-corrected chi connectivity index (χ0v) is 10.0. The monoisotopic (exact) mass is 235 g/mol. The van der Waals surface area contributed by atoms with Crippen LogP contribution in [0.15, 0.2) is 32.9 Å². The van der Waals surface area contributed by atoms with Crippen molar-refractivity contribution in [3.8, 4) is 0 Å². The molecule has 0 saturated heterocycles. The van der Waals surface area contributed by atoms with Crippen LogP contribution in [0.5, 0.6) is 0 Å². The lowest BCUT2D eigenvalue weighted by Gasteiger charge is -2.03. The number of rotatable bonds is 3. The fourth-order valence-corrected chi connectivity index (χ4v) is 2.20. The smallest absolute Gasteiger partial charge is 0.193 e. The molecule has 0 amide bonds. The molecule has 0 fully saturated rings. The third-order valence-corrected chi connectivity index (χ3v) is 3.12. The predicted molar refractivity (Wildman–Crippen MR) is 62.2 cm³/mol. The van der Waals surface area contributed by atoms with Gasteiger partial charge in [-0.1, -0.05) is 0 Å². The summed E-state index contributed by atoms with van der Waals surface area (Å²) < 4.78 is 5.22. The first-order chi connectivity index (χ1) is 7.69. The van der Waals surface area contributed by atoms with E-state index in [1.165, 1.54) is 11.8 Å². The van der Waals surface area contributed by atoms with Crippen LogP contribution in [0, 0.1) is 13.8 Å². The molecule has 0 saturated carbocycles. The van der Waals surface area contributed by atoms with Gasteiger partial charge in [0.15, 0.2) is 5.16 Å². The fourth-order valence-electron chi connectivity index (χ4n) is 1.33. The number of aryl methyl sites for hydroxylation is 2. The molecular weight excluding hydrogens is 222 g/mol. The van der Waals surface area contributed by atoms with Gasteiger partial charge in [0, 0.05) is 12.2 Å². The molecule has 2 heterocycles. The molecule has 0 aliphatic heterocycles. The summed E-state index contributed by atoms with van der Waals surface area (Å²) in [5, 5.41) is 0.713. The van der Waals surface area contributed by atoms with Crippen molar-refractivity contribution in [2.24, 2.45) is 5.73 Å². The first kappa shape index (κ1) is 11.2. The summed E-state index contributed by atoms with van der Waals surface area (Å²) >= 11 is 1.49. The number of nitrogens with zero attached hydrogens (tertiary/aromatic N) is 2. The molecule has 0 aliphatic rings. The average molecular weight is 235 g/mol. The van der Waals surface area contributed by atoms with Crippen molar-refractivity contribution in [1.29, 1.82) is 0 Å². The van der Waals surface area contributed by atoms with E-state index in [-0.39, 0.29) is 0 Å². The fraction of sp³-hybridized carbons (Fsp3) is 0.273. The number of hydrogen-bond acceptors (Lipinski definition) is 5. The van der Waals surface area contributed by atoms with Crippen molar-refractivity contribution in [3.05, 3.63) is 35.5 Å². The second kappa shape index (κ2) is 4.67. The predicted octanol–water partition coefficient (Wildman–Crippen LogP) is 2.30. The second-order valence-electron chi connectivity index (χ2n) is 3.43. The first-order valence-corrected chi connectivity index (χ1v) is 5.77. The highest BCUT2D eigenvalue weighted by molar-refractivity contribution is 7.99. The van der Waals surface area contributed by atoms with Crippen molar-refractivity contribution in [2.75, 3.05) is 0 Å². The molecule has 0 atom stereocenters. The topological polar surface area (TPSA) is 64.9 Å². The van der Waals surface area contributed by atoms with Crippen molar-refractivity contribution >= 4 is 11.8 Å². The van der Waals surface area contributed by atoms with E-state index in [2.05, 4.69) is 9.97 Å². The highest BCUT2D eigenvalue weighted by Crippen LogP contribution is 2.28. The third kappa shape index (κ3) is 2.43. The van der Waals surface area contributed by atoms with Crippen LogP contribution in [0.25, 0.3) is 0 Å². The lowest BCUT2D eigenvalue weighted by molar-refractivity contribution is 0.527. The first-order valence-electron chi connectivity index (χ1n) is 4.95. The van der Waals surface area contributed by atoms with E-state index < -0.39 is 0 Å². The van der Waals surface area contributed by atoms with Crippen LogP contribution in [-0.2, 0) is 6.54 Å². The zero-order chi connectivity index (χ0) is 11.5. The van der Waals surface area contributed by atoms with Gasteiger partial charge in [-0.15, -0.1) is 0 Å². The molecule has 0 bridgehead atoms. The molecule has 0 unspecified atom stereocenters. The summed E-state index contributed by atoms with van der Waals surface area (Å²) in [5.74, 6) is 0.879. The van der Waals surface area contributed by atoms with E-state index in [0.29, 0.717) is 11.7 Å². The molecule has 0 aromatic carbocycles. The van der Waals surface area contributed by atoms with Gasteiger partial charge in [-0.05, 0) is 37.7 Å². The Bertz CT molecular complexity index is 496. The normalized spacial score (nSPS) is 10.7. The number of aromatic nitrogens is 2. The van der Waals surface area contributed by atoms with E-state index in [1.54, 1.807) is 6.26 Å². The van der Waals surface area contributed by atoms with Crippen LogP contribution in [-0.4, -0.2) is 9.97 Å². The Morgan fingerprint density at radius 3 is 2.81 bits per heavy atom. The molecule has 84 valence electrons. The molecule has 2 aromatic heterocycles. The van der Waals surface area contributed by atoms with Gasteiger partial charge in [0.05, 0.1) is 16.9 Å². The Kier molecular flexibility index (Phi) is 3.26. The van der Waals surface area contributed by atoms with Crippen LogP contribution in [0.1, 0.15) is 17.1 Å². The zero-order valence-electron chi connectivity index (χ0n) is 9.23. The van der Waals surface area contributed by atoms with Crippen LogP contribution in [0.3, 0.4) is 0 Å². The van der Waals surface area contributed by atoms with Gasteiger partial charge in [0.2, 0.25) is 0 Å². The minimum Gasteiger partial charge on any atom is -0.468 e. The summed E-state index contributed by atoms with van der Waals surface area (Å²) in [6.07, 6.45) is 1.66. The molecule has 0 radical (unpaired) electrons. The highest BCUT2D eigenvalue weighted by Gasteiger charge is 2.07. The average Bonchev–Trinajstić information content (AvgIpc) is 2.63. The summed E-state index contributed by atoms with van der Waals surface area (Å²) in [4.78, 5) is 9.74. The van der Waals surface area contributed by atoms with E-state index >= 15 is 0 Å². The second-order valence-corrected chi connectivity index (χ2v) is 4.44. The number of hydrogen-bond donors (Lipinski definition) is 1. The minimum absolute atomic E-state index is 0.432. The van der Waals surface area contributed by atoms with E-state index in [0.717, 1.165) is 22.0 Å². The van der Waals surface area contributed by atoms with Gasteiger partial charge >= 0.3 is 0 Å². The van der Waals surface area contributed by atoms with Crippen molar-refractivity contribution in [2.45, 2.75) is 30.4 Å². The largest absolute Gasteiger partial charge is 0.468 e. The molecule has 0 aliphatic carbocycles. The quantitative estimate of drug-likeness (QED) is 0.827. The maximum absolute atomic E-state index is 5.57. The maximum atomic E-state index is 5.57. The minimum atomic E-state index is 0.432. The molecule has 0 spiro atoms. The maximum Gasteiger partial charge on any atom is 0.193 e. The Morgan fingerprint density at radius 1 is 1.38 bits per heavy atom. The lowest BCUT2D eigenvalue weighted by atomic mass is 10.3. The van der Waals surface area contributed by atoms with Crippen molar-refractivity contribution < 1.29 is 4.42 Å². The van der Waals surface area contributed by atoms with Gasteiger partial charge < -0.3 is 10.2 Å². The molecule has 4 nitrogen and oxygen atoms in total. The van der Waals surface area contributed by atoms with Gasteiger partial charge in [0.1, 0.15) is 5.76 Å². The lowest BCUT2D eigenvalue weighted by Crippen LogP contribution is -2.02. The molecule has 2 rings (SSSR count). The van der Waals surface area contributed by atoms with E-state index in [9.17, 15) is 0 Å². The summed E-state index contributed by atoms with van der Waals surface area (Å²) in [7, 11) is 0. The van der Waals surface area contributed by atoms with Crippen LogP contribution in [0.4, 0.5) is 0 Å². The Balaban J connectivity index is 2.28. The number of furan rings is 1. The van der Waals surface area contributed by atoms with Crippen molar-refractivity contribution in [1.82, 2.24) is 9.97 Å². The molecular formula is C11H13N3OS. The summed E-state index contributed by atoms with van der Waals surface area (Å²) in [6, 6.07) is 3.81. The van der Waals surface area contributed by atoms with Gasteiger partial charge in [-0.25, -0.2) is 9.97 Å². The standard InChI is InChI=1S/C11H13N3OS/c1-7-5-9(6-12)14-11(13-7)16-10-3-4-15-8(10)2/h3-5H,6,12H2,1-2H3. The summed E-state index contributed by atoms with van der Waals surface area (Å²) in [5.41, 5.74) is 7.36. The SMILES string of the molecule is Cc1cc(CN)nc(Sc2ccoc2C)n1. The van der Waals surface area contributed by atoms with Crippen LogP contribution < -0.4 is 5.73 Å². The molecule has 16 heavy (non-hydrogen) atoms. The van der Waals surface area contributed by atoms with Gasteiger partial charge in [0.25, 0.3) is 0 Å². The molecule has 2 aromatic rings. The third-order valence-electron chi connectivity index (χ3n) is 2.11. The van der Waals surface area contributed by atoms with E-state index in [1.807, 2.05) is 26.0 Å². The van der Waals surface area contributed by atoms with Gasteiger partial charge in [-0.2, -0.15) is 0 Å².